The third-order valence-corrected chi connectivity index (χ3v) is 15.6. The molecule has 0 unspecified atom stereocenters. The molecule has 6 saturated carbocycles. The molecular weight excluding hydrogens is 588 g/mol. The molecule has 0 N–H and O–H groups in total. The zero-order chi connectivity index (χ0) is 35.6. The molecule has 0 spiro atoms. The van der Waals surface area contributed by atoms with Gasteiger partial charge in [-0.15, -0.1) is 0 Å². The Bertz CT molecular complexity index is 939. The number of hydrogen-bond acceptors (Lipinski definition) is 3. The van der Waals surface area contributed by atoms with Crippen LogP contribution in [0, 0.1) is 107 Å². The van der Waals surface area contributed by atoms with Crippen LogP contribution in [0.15, 0.2) is 0 Å². The van der Waals surface area contributed by atoms with Crippen LogP contribution in [-0.4, -0.2) is 17.3 Å². The van der Waals surface area contributed by atoms with Gasteiger partial charge in [0.05, 0.1) is 0 Å². The molecule has 0 heterocycles. The monoisotopic (exact) mass is 667 g/mol. The van der Waals surface area contributed by atoms with Gasteiger partial charge in [-0.3, -0.25) is 14.4 Å². The Morgan fingerprint density at radius 3 is 0.812 bits per heavy atom. The molecule has 0 aromatic rings. The Morgan fingerprint density at radius 1 is 0.375 bits per heavy atom. The Balaban J connectivity index is 0.000000163. The summed E-state index contributed by atoms with van der Waals surface area (Å²) in [4.78, 5) is 36.2. The van der Waals surface area contributed by atoms with E-state index in [4.69, 9.17) is 0 Å². The lowest BCUT2D eigenvalue weighted by Crippen LogP contribution is -2.23. The Kier molecular flexibility index (Phi) is 14.1. The number of carbonyl (C=O) groups is 3. The zero-order valence-electron chi connectivity index (χ0n) is 33.6. The Morgan fingerprint density at radius 2 is 0.604 bits per heavy atom. The molecule has 3 heteroatoms. The van der Waals surface area contributed by atoms with Crippen molar-refractivity contribution in [3.05, 3.63) is 0 Å². The van der Waals surface area contributed by atoms with Gasteiger partial charge in [0.25, 0.3) is 0 Å². The van der Waals surface area contributed by atoms with Crippen LogP contribution in [0.2, 0.25) is 0 Å². The summed E-state index contributed by atoms with van der Waals surface area (Å²) in [6.07, 6.45) is 14.3. The molecule has 0 aliphatic heterocycles. The predicted molar refractivity (Wildman–Crippen MR) is 201 cm³/mol. The van der Waals surface area contributed by atoms with Gasteiger partial charge in [0.15, 0.2) is 0 Å². The van der Waals surface area contributed by atoms with Crippen LogP contribution < -0.4 is 0 Å². The lowest BCUT2D eigenvalue weighted by atomic mass is 9.78. The summed E-state index contributed by atoms with van der Waals surface area (Å²) < 4.78 is 0. The normalized spacial score (nSPS) is 44.6. The van der Waals surface area contributed by atoms with Crippen molar-refractivity contribution < 1.29 is 14.4 Å². The predicted octanol–water partition coefficient (Wildman–Crippen LogP) is 11.8. The number of Topliss-reactive ketones (excluding diaryl/α,β-unsaturated/α-hetero) is 3. The van der Waals surface area contributed by atoms with Crippen LogP contribution in [0.25, 0.3) is 0 Å². The van der Waals surface area contributed by atoms with Crippen LogP contribution in [0.5, 0.6) is 0 Å². The molecule has 0 radical (unpaired) electrons. The van der Waals surface area contributed by atoms with Crippen molar-refractivity contribution in [1.82, 2.24) is 0 Å². The van der Waals surface area contributed by atoms with Gasteiger partial charge in [0.1, 0.15) is 17.3 Å². The maximum Gasteiger partial charge on any atom is 0.136 e. The summed E-state index contributed by atoms with van der Waals surface area (Å²) in [6.45, 7) is 27.8. The summed E-state index contributed by atoms with van der Waals surface area (Å²) in [5.74, 6) is 13.7. The molecule has 0 bridgehead atoms. The Labute approximate surface area is 297 Å². The largest absolute Gasteiger partial charge is 0.299 e. The fourth-order valence-corrected chi connectivity index (χ4v) is 12.1. The van der Waals surface area contributed by atoms with Gasteiger partial charge in [-0.1, -0.05) is 83.1 Å². The lowest BCUT2D eigenvalue weighted by Gasteiger charge is -2.26. The van der Waals surface area contributed by atoms with Crippen molar-refractivity contribution in [2.45, 2.75) is 160 Å². The van der Waals surface area contributed by atoms with Gasteiger partial charge in [0.2, 0.25) is 0 Å². The summed E-state index contributed by atoms with van der Waals surface area (Å²) in [6, 6.07) is 0. The molecule has 15 atom stereocenters. The molecule has 48 heavy (non-hydrogen) atoms. The van der Waals surface area contributed by atoms with E-state index in [1.54, 1.807) is 0 Å². The third kappa shape index (κ3) is 9.08. The summed E-state index contributed by atoms with van der Waals surface area (Å²) in [5.41, 5.74) is 0. The van der Waals surface area contributed by atoms with Crippen molar-refractivity contribution in [1.29, 1.82) is 0 Å². The molecule has 6 aliphatic carbocycles. The fourth-order valence-electron chi connectivity index (χ4n) is 12.1. The summed E-state index contributed by atoms with van der Waals surface area (Å²) in [5, 5.41) is 0. The van der Waals surface area contributed by atoms with E-state index in [0.29, 0.717) is 88.4 Å². The molecule has 0 aromatic heterocycles. The van der Waals surface area contributed by atoms with Crippen molar-refractivity contribution in [3.8, 4) is 0 Å². The summed E-state index contributed by atoms with van der Waals surface area (Å²) in [7, 11) is 0. The average molecular weight is 667 g/mol. The van der Waals surface area contributed by atoms with E-state index in [2.05, 4.69) is 83.1 Å². The van der Waals surface area contributed by atoms with E-state index >= 15 is 0 Å². The van der Waals surface area contributed by atoms with Crippen LogP contribution >= 0.6 is 0 Å². The molecular formula is C45H78O3. The van der Waals surface area contributed by atoms with Crippen molar-refractivity contribution in [2.75, 3.05) is 0 Å². The summed E-state index contributed by atoms with van der Waals surface area (Å²) >= 11 is 0. The topological polar surface area (TPSA) is 51.2 Å². The number of carbonyl (C=O) groups excluding carboxylic acids is 3. The second-order valence-electron chi connectivity index (χ2n) is 19.9. The first kappa shape index (κ1) is 39.8. The van der Waals surface area contributed by atoms with Crippen LogP contribution in [-0.2, 0) is 14.4 Å². The van der Waals surface area contributed by atoms with E-state index in [1.165, 1.54) is 57.8 Å². The Hall–Kier alpha value is -0.990. The van der Waals surface area contributed by atoms with E-state index < -0.39 is 0 Å². The number of hydrogen-bond donors (Lipinski definition) is 0. The third-order valence-electron chi connectivity index (χ3n) is 15.6. The highest BCUT2D eigenvalue weighted by Gasteiger charge is 2.47. The molecule has 3 nitrogen and oxygen atoms in total. The number of ketones is 3. The van der Waals surface area contributed by atoms with Gasteiger partial charge in [0, 0.05) is 37.0 Å². The molecule has 0 amide bonds. The number of fused-ring (bicyclic) bond motifs is 3. The van der Waals surface area contributed by atoms with Gasteiger partial charge >= 0.3 is 0 Å². The molecule has 6 fully saturated rings. The van der Waals surface area contributed by atoms with Crippen LogP contribution in [0.4, 0.5) is 0 Å². The standard InChI is InChI=1S/3C15H26O/c3*1-9(2)12-6-5-10(3)15-13(8-12)11(4)7-14(15)16/h3*9-13,15H,5-8H2,1-4H3/t10-,11-,12+,13+,15-;10-,11-,12+,13-,15+;10-,11-,12+,13-,15-/m000/s1. The molecule has 0 saturated heterocycles. The van der Waals surface area contributed by atoms with Gasteiger partial charge in [-0.2, -0.15) is 0 Å². The van der Waals surface area contributed by atoms with Crippen LogP contribution in [0.3, 0.4) is 0 Å². The number of rotatable bonds is 3. The second-order valence-corrected chi connectivity index (χ2v) is 19.9. The molecule has 276 valence electrons. The van der Waals surface area contributed by atoms with E-state index in [0.717, 1.165) is 54.8 Å². The van der Waals surface area contributed by atoms with E-state index in [1.807, 2.05) is 0 Å². The first-order chi connectivity index (χ1) is 22.5. The van der Waals surface area contributed by atoms with Crippen molar-refractivity contribution >= 4 is 17.3 Å². The molecule has 6 aliphatic rings. The van der Waals surface area contributed by atoms with Crippen molar-refractivity contribution in [3.63, 3.8) is 0 Å². The minimum absolute atomic E-state index is 0.402. The van der Waals surface area contributed by atoms with E-state index in [9.17, 15) is 14.4 Å². The highest BCUT2D eigenvalue weighted by atomic mass is 16.1. The van der Waals surface area contributed by atoms with Crippen molar-refractivity contribution in [2.24, 2.45) is 107 Å². The van der Waals surface area contributed by atoms with E-state index in [-0.39, 0.29) is 0 Å². The zero-order valence-corrected chi connectivity index (χ0v) is 33.6. The maximum absolute atomic E-state index is 12.1. The van der Waals surface area contributed by atoms with Gasteiger partial charge < -0.3 is 0 Å². The quantitative estimate of drug-likeness (QED) is 0.301. The van der Waals surface area contributed by atoms with Crippen LogP contribution in [0.1, 0.15) is 160 Å². The lowest BCUT2D eigenvalue weighted by molar-refractivity contribution is -0.123. The highest BCUT2D eigenvalue weighted by molar-refractivity contribution is 5.85. The highest BCUT2D eigenvalue weighted by Crippen LogP contribution is 2.50. The van der Waals surface area contributed by atoms with Gasteiger partial charge in [-0.05, 0) is 147 Å². The second kappa shape index (κ2) is 17.0. The fraction of sp³-hybridized carbons (Fsp3) is 0.933. The molecule has 6 rings (SSSR count). The SMILES string of the molecule is CC(C)[C@@H]1CC[C@H](C)[C@@H]2C(=O)C[C@H](C)[C@@H]2C1.CC(C)[C@@H]1CC[C@H](C)[C@@H]2C(=O)C[C@H](C)[C@H]2C1.CC(C)[C@@H]1CC[C@H](C)[C@H]2C(=O)C[C@H](C)[C@@H]2C1. The minimum Gasteiger partial charge on any atom is -0.299 e. The average Bonchev–Trinajstić information content (AvgIpc) is 3.34. The first-order valence-electron chi connectivity index (χ1n) is 21.1. The maximum atomic E-state index is 12.1. The molecule has 0 aromatic carbocycles. The minimum atomic E-state index is 0.402. The smallest absolute Gasteiger partial charge is 0.136 e. The first-order valence-corrected chi connectivity index (χ1v) is 21.1. The van der Waals surface area contributed by atoms with Gasteiger partial charge in [-0.25, -0.2) is 0 Å².